The van der Waals surface area contributed by atoms with Crippen LogP contribution in [0.4, 0.5) is 0 Å². The number of rotatable bonds is 4. The first kappa shape index (κ1) is 27.5. The van der Waals surface area contributed by atoms with Gasteiger partial charge in [-0.25, -0.2) is 4.98 Å². The standard InChI is InChI=1S/C45H26N4S/c1-2-16-40-31(11-1)34-23-28(29-18-20-42-35(24-29)44-32-12-7-9-27-10-8-13-33(43(27)32)45(44)50-42)17-19-41(34)49(40)30-25-38(36-14-3-5-21-46-36)48-39(26-30)37-15-4-6-22-47-37/h1-26H. The molecule has 0 bridgehead atoms. The zero-order chi connectivity index (χ0) is 32.8. The molecule has 5 aromatic carbocycles. The Balaban J connectivity index is 1.10. The van der Waals surface area contributed by atoms with Crippen molar-refractivity contribution in [2.24, 2.45) is 0 Å². The summed E-state index contributed by atoms with van der Waals surface area (Å²) in [6, 6.07) is 52.1. The van der Waals surface area contributed by atoms with Crippen LogP contribution in [0.1, 0.15) is 0 Å². The third-order valence-corrected chi connectivity index (χ3v) is 11.2. The van der Waals surface area contributed by atoms with Gasteiger partial charge >= 0.3 is 0 Å². The number of hydrogen-bond donors (Lipinski definition) is 0. The van der Waals surface area contributed by atoms with Gasteiger partial charge in [0.25, 0.3) is 0 Å². The van der Waals surface area contributed by atoms with Crippen LogP contribution in [0.2, 0.25) is 0 Å². The summed E-state index contributed by atoms with van der Waals surface area (Å²) in [7, 11) is 0. The Morgan fingerprint density at radius 3 is 1.88 bits per heavy atom. The third kappa shape index (κ3) is 4.01. The first-order valence-corrected chi connectivity index (χ1v) is 17.6. The van der Waals surface area contributed by atoms with Gasteiger partial charge in [-0.15, -0.1) is 11.3 Å². The van der Waals surface area contributed by atoms with E-state index in [9.17, 15) is 0 Å². The van der Waals surface area contributed by atoms with Crippen molar-refractivity contribution < 1.29 is 0 Å². The molecule has 0 N–H and O–H groups in total. The molecule has 0 radical (unpaired) electrons. The Labute approximate surface area is 291 Å². The third-order valence-electron chi connectivity index (χ3n) is 10.0. The summed E-state index contributed by atoms with van der Waals surface area (Å²) in [6.45, 7) is 0. The summed E-state index contributed by atoms with van der Waals surface area (Å²) >= 11 is 1.91. The van der Waals surface area contributed by atoms with E-state index in [-0.39, 0.29) is 0 Å². The first-order chi connectivity index (χ1) is 24.8. The predicted octanol–water partition coefficient (Wildman–Crippen LogP) is 12.0. The largest absolute Gasteiger partial charge is 0.309 e. The Morgan fingerprint density at radius 2 is 1.14 bits per heavy atom. The van der Waals surface area contributed by atoms with Gasteiger partial charge in [-0.2, -0.15) is 0 Å². The van der Waals surface area contributed by atoms with E-state index < -0.39 is 0 Å². The van der Waals surface area contributed by atoms with Crippen LogP contribution >= 0.6 is 11.3 Å². The average Bonchev–Trinajstić information content (AvgIpc) is 3.83. The minimum Gasteiger partial charge on any atom is -0.309 e. The second-order valence-electron chi connectivity index (χ2n) is 12.8. The van der Waals surface area contributed by atoms with Gasteiger partial charge in [-0.3, -0.25) is 9.97 Å². The van der Waals surface area contributed by atoms with E-state index in [1.165, 1.54) is 64.3 Å². The molecule has 0 amide bonds. The molecule has 1 aliphatic carbocycles. The van der Waals surface area contributed by atoms with Crippen molar-refractivity contribution in [3.63, 3.8) is 0 Å². The second kappa shape index (κ2) is 10.5. The smallest absolute Gasteiger partial charge is 0.0915 e. The number of nitrogens with zero attached hydrogens (tertiary/aromatic N) is 4. The van der Waals surface area contributed by atoms with Gasteiger partial charge in [-0.1, -0.05) is 78.9 Å². The van der Waals surface area contributed by atoms with Crippen LogP contribution in [-0.2, 0) is 0 Å². The highest BCUT2D eigenvalue weighted by atomic mass is 32.1. The number of pyridine rings is 3. The highest BCUT2D eigenvalue weighted by Gasteiger charge is 2.26. The van der Waals surface area contributed by atoms with Crippen LogP contribution in [-0.4, -0.2) is 19.5 Å². The van der Waals surface area contributed by atoms with Gasteiger partial charge < -0.3 is 4.57 Å². The normalized spacial score (nSPS) is 12.0. The van der Waals surface area contributed by atoms with Gasteiger partial charge in [-0.05, 0) is 94.2 Å². The van der Waals surface area contributed by atoms with Crippen molar-refractivity contribution in [2.45, 2.75) is 0 Å². The number of aromatic nitrogens is 4. The van der Waals surface area contributed by atoms with Crippen LogP contribution in [0.25, 0.3) is 104 Å². The monoisotopic (exact) mass is 654 g/mol. The molecule has 5 heterocycles. The highest BCUT2D eigenvalue weighted by Crippen LogP contribution is 2.54. The van der Waals surface area contributed by atoms with E-state index in [4.69, 9.17) is 4.98 Å². The van der Waals surface area contributed by atoms with Crippen molar-refractivity contribution >= 4 is 54.0 Å². The summed E-state index contributed by atoms with van der Waals surface area (Å²) in [5, 5.41) is 6.44. The summed E-state index contributed by atoms with van der Waals surface area (Å²) < 4.78 is 3.68. The molecule has 0 unspecified atom stereocenters. The lowest BCUT2D eigenvalue weighted by Crippen LogP contribution is -1.99. The lowest BCUT2D eigenvalue weighted by atomic mass is 9.98. The van der Waals surface area contributed by atoms with E-state index in [1.807, 2.05) is 60.1 Å². The van der Waals surface area contributed by atoms with Gasteiger partial charge in [0.15, 0.2) is 0 Å². The van der Waals surface area contributed by atoms with Crippen LogP contribution in [0.15, 0.2) is 158 Å². The van der Waals surface area contributed by atoms with Crippen molar-refractivity contribution in [1.29, 1.82) is 0 Å². The summed E-state index contributed by atoms with van der Waals surface area (Å²) in [6.07, 6.45) is 3.63. The van der Waals surface area contributed by atoms with E-state index >= 15 is 0 Å². The quantitative estimate of drug-likeness (QED) is 0.190. The van der Waals surface area contributed by atoms with E-state index in [1.54, 1.807) is 0 Å². The average molecular weight is 655 g/mol. The zero-order valence-electron chi connectivity index (χ0n) is 26.7. The van der Waals surface area contributed by atoms with Crippen molar-refractivity contribution in [2.75, 3.05) is 0 Å². The fourth-order valence-electron chi connectivity index (χ4n) is 7.84. The molecule has 5 heteroatoms. The van der Waals surface area contributed by atoms with Crippen LogP contribution in [0.3, 0.4) is 0 Å². The molecule has 50 heavy (non-hydrogen) atoms. The lowest BCUT2D eigenvalue weighted by molar-refractivity contribution is 1.14. The second-order valence-corrected chi connectivity index (χ2v) is 13.9. The van der Waals surface area contributed by atoms with Crippen LogP contribution < -0.4 is 0 Å². The molecule has 10 aromatic rings. The lowest BCUT2D eigenvalue weighted by Gasteiger charge is -2.13. The van der Waals surface area contributed by atoms with Crippen molar-refractivity contribution in [3.05, 3.63) is 158 Å². The topological polar surface area (TPSA) is 43.6 Å². The van der Waals surface area contributed by atoms with Gasteiger partial charge in [0.2, 0.25) is 0 Å². The summed E-state index contributed by atoms with van der Waals surface area (Å²) in [5.41, 5.74) is 13.1. The molecule has 0 fully saturated rings. The number of benzene rings is 5. The molecule has 5 aromatic heterocycles. The molecule has 232 valence electrons. The van der Waals surface area contributed by atoms with E-state index in [2.05, 4.69) is 124 Å². The number of thiophene rings is 1. The molecule has 0 aliphatic heterocycles. The molecular weight excluding hydrogens is 629 g/mol. The first-order valence-electron chi connectivity index (χ1n) is 16.8. The maximum Gasteiger partial charge on any atom is 0.0915 e. The fraction of sp³-hybridized carbons (Fsp3) is 0. The van der Waals surface area contributed by atoms with Gasteiger partial charge in [0.1, 0.15) is 0 Å². The number of hydrogen-bond acceptors (Lipinski definition) is 4. The van der Waals surface area contributed by atoms with E-state index in [0.29, 0.717) is 0 Å². The van der Waals surface area contributed by atoms with Gasteiger partial charge in [0.05, 0.1) is 39.5 Å². The molecule has 0 spiro atoms. The minimum absolute atomic E-state index is 0.806. The molecular formula is C45H26N4S. The van der Waals surface area contributed by atoms with Crippen molar-refractivity contribution in [3.8, 4) is 61.2 Å². The zero-order valence-corrected chi connectivity index (χ0v) is 27.5. The summed E-state index contributed by atoms with van der Waals surface area (Å²) in [5.74, 6) is 0. The molecule has 0 atom stereocenters. The maximum absolute atomic E-state index is 5.03. The SMILES string of the molecule is c1ccc(-c2cc(-n3c4ccccc4c4cc(-c5ccc6sc7c(c6c5)-c5cccc6cccc-7c56)ccc43)cc(-c3ccccn3)n2)nc1. The number of para-hydroxylation sites is 1. The van der Waals surface area contributed by atoms with E-state index in [0.717, 1.165) is 39.5 Å². The fourth-order valence-corrected chi connectivity index (χ4v) is 9.07. The Morgan fingerprint density at radius 1 is 0.480 bits per heavy atom. The minimum atomic E-state index is 0.806. The highest BCUT2D eigenvalue weighted by molar-refractivity contribution is 7.23. The number of fused-ring (bicyclic) bond motifs is 8. The maximum atomic E-state index is 5.03. The van der Waals surface area contributed by atoms with Crippen molar-refractivity contribution in [1.82, 2.24) is 19.5 Å². The van der Waals surface area contributed by atoms with Gasteiger partial charge in [0, 0.05) is 49.3 Å². The summed E-state index contributed by atoms with van der Waals surface area (Å²) in [4.78, 5) is 15.7. The Hall–Kier alpha value is -6.43. The Kier molecular flexibility index (Phi) is 5.80. The molecule has 1 aliphatic rings. The van der Waals surface area contributed by atoms with Crippen LogP contribution in [0, 0.1) is 0 Å². The molecule has 0 saturated carbocycles. The molecule has 11 rings (SSSR count). The van der Waals surface area contributed by atoms with Crippen LogP contribution in [0.5, 0.6) is 0 Å². The predicted molar refractivity (Wildman–Crippen MR) is 208 cm³/mol. The molecule has 4 nitrogen and oxygen atoms in total. The molecule has 0 saturated heterocycles. The Bertz CT molecular complexity index is 2910.